The van der Waals surface area contributed by atoms with Gasteiger partial charge in [0, 0.05) is 31.9 Å². The summed E-state index contributed by atoms with van der Waals surface area (Å²) in [4.78, 5) is 9.93. The lowest BCUT2D eigenvalue weighted by atomic mass is 10.3. The maximum absolute atomic E-state index is 13.2. The number of halogens is 2. The highest BCUT2D eigenvalue weighted by molar-refractivity contribution is 5.39. The Hall–Kier alpha value is -2.22. The molecule has 1 N–H and O–H groups in total. The van der Waals surface area contributed by atoms with Crippen molar-refractivity contribution in [2.75, 3.05) is 18.0 Å². The number of alkyl halides is 2. The van der Waals surface area contributed by atoms with E-state index >= 15 is 0 Å². The molecule has 0 aromatic carbocycles. The summed E-state index contributed by atoms with van der Waals surface area (Å²) in [5.41, 5.74) is 0.738. The fourth-order valence-corrected chi connectivity index (χ4v) is 2.43. The zero-order valence-corrected chi connectivity index (χ0v) is 12.8. The van der Waals surface area contributed by atoms with Gasteiger partial charge in [-0.15, -0.1) is 5.10 Å². The third kappa shape index (κ3) is 3.95. The van der Waals surface area contributed by atoms with Crippen molar-refractivity contribution < 1.29 is 8.78 Å². The molecule has 0 spiro atoms. The molecule has 0 amide bonds. The van der Waals surface area contributed by atoms with E-state index in [1.54, 1.807) is 35.5 Å². The zero-order valence-electron chi connectivity index (χ0n) is 12.8. The molecular formula is C15H18F2N6. The van der Waals surface area contributed by atoms with Crippen LogP contribution in [-0.2, 0) is 6.54 Å². The van der Waals surface area contributed by atoms with Gasteiger partial charge in [-0.05, 0) is 25.1 Å². The van der Waals surface area contributed by atoms with E-state index in [2.05, 4.69) is 25.5 Å². The van der Waals surface area contributed by atoms with Crippen LogP contribution in [0.1, 0.15) is 30.9 Å². The maximum atomic E-state index is 13.2. The van der Waals surface area contributed by atoms with Gasteiger partial charge in [0.25, 0.3) is 5.92 Å². The number of hydrogen-bond acceptors (Lipinski definition) is 6. The highest BCUT2D eigenvalue weighted by atomic mass is 19.3. The van der Waals surface area contributed by atoms with Crippen LogP contribution in [0.5, 0.6) is 0 Å². The largest absolute Gasteiger partial charge is 0.349 e. The summed E-state index contributed by atoms with van der Waals surface area (Å²) in [6.07, 6.45) is 3.26. The van der Waals surface area contributed by atoms with Gasteiger partial charge in [-0.1, -0.05) is 0 Å². The smallest absolute Gasteiger partial charge is 0.266 e. The topological polar surface area (TPSA) is 66.8 Å². The molecule has 0 saturated carbocycles. The Morgan fingerprint density at radius 2 is 2.04 bits per heavy atom. The number of aromatic nitrogens is 4. The first-order valence-electron chi connectivity index (χ1n) is 7.49. The van der Waals surface area contributed by atoms with Crippen molar-refractivity contribution in [1.29, 1.82) is 0 Å². The van der Waals surface area contributed by atoms with Crippen molar-refractivity contribution in [3.05, 3.63) is 42.1 Å². The van der Waals surface area contributed by atoms with Crippen LogP contribution in [0, 0.1) is 0 Å². The number of nitrogens with zero attached hydrogens (tertiary/aromatic N) is 5. The van der Waals surface area contributed by atoms with Crippen molar-refractivity contribution in [3.8, 4) is 0 Å². The first kappa shape index (κ1) is 15.7. The SMILES string of the molecule is C[C@@H](NCc1ccc(N2CCC(F)(F)C2)nn1)c1ncccn1. The summed E-state index contributed by atoms with van der Waals surface area (Å²) >= 11 is 0. The highest BCUT2D eigenvalue weighted by Gasteiger charge is 2.38. The molecular weight excluding hydrogens is 302 g/mol. The van der Waals surface area contributed by atoms with Crippen molar-refractivity contribution in [3.63, 3.8) is 0 Å². The summed E-state index contributed by atoms with van der Waals surface area (Å²) in [6, 6.07) is 5.27. The van der Waals surface area contributed by atoms with Crippen LogP contribution in [0.4, 0.5) is 14.6 Å². The van der Waals surface area contributed by atoms with Crippen LogP contribution in [-0.4, -0.2) is 39.2 Å². The molecule has 1 fully saturated rings. The molecule has 8 heteroatoms. The quantitative estimate of drug-likeness (QED) is 0.908. The molecule has 1 aliphatic heterocycles. The molecule has 122 valence electrons. The Morgan fingerprint density at radius 1 is 1.26 bits per heavy atom. The van der Waals surface area contributed by atoms with Crippen molar-refractivity contribution >= 4 is 5.82 Å². The Labute approximate surface area is 133 Å². The molecule has 0 bridgehead atoms. The van der Waals surface area contributed by atoms with Crippen LogP contribution in [0.25, 0.3) is 0 Å². The van der Waals surface area contributed by atoms with Gasteiger partial charge in [0.05, 0.1) is 18.3 Å². The lowest BCUT2D eigenvalue weighted by Gasteiger charge is -2.16. The molecule has 3 heterocycles. The molecule has 3 rings (SSSR count). The summed E-state index contributed by atoms with van der Waals surface area (Å²) in [5.74, 6) is -1.44. The molecule has 23 heavy (non-hydrogen) atoms. The third-order valence-corrected chi connectivity index (χ3v) is 3.76. The van der Waals surface area contributed by atoms with Gasteiger partial charge in [-0.2, -0.15) is 5.10 Å². The van der Waals surface area contributed by atoms with Crippen LogP contribution in [0.2, 0.25) is 0 Å². The van der Waals surface area contributed by atoms with E-state index in [-0.39, 0.29) is 19.0 Å². The Bertz CT molecular complexity index is 634. The average Bonchev–Trinajstić information content (AvgIpc) is 2.94. The lowest BCUT2D eigenvalue weighted by molar-refractivity contribution is 0.0256. The van der Waals surface area contributed by atoms with Gasteiger partial charge in [-0.3, -0.25) is 0 Å². The van der Waals surface area contributed by atoms with E-state index < -0.39 is 5.92 Å². The van der Waals surface area contributed by atoms with E-state index in [4.69, 9.17) is 0 Å². The van der Waals surface area contributed by atoms with Crippen molar-refractivity contribution in [2.45, 2.75) is 31.9 Å². The fraction of sp³-hybridized carbons (Fsp3) is 0.467. The predicted octanol–water partition coefficient (Wildman–Crippen LogP) is 1.96. The van der Waals surface area contributed by atoms with E-state index in [1.165, 1.54) is 0 Å². The molecule has 0 unspecified atom stereocenters. The first-order chi connectivity index (χ1) is 11.0. The Balaban J connectivity index is 1.56. The molecule has 6 nitrogen and oxygen atoms in total. The van der Waals surface area contributed by atoms with Gasteiger partial charge in [0.2, 0.25) is 0 Å². The monoisotopic (exact) mass is 320 g/mol. The van der Waals surface area contributed by atoms with Crippen molar-refractivity contribution in [2.24, 2.45) is 0 Å². The van der Waals surface area contributed by atoms with Gasteiger partial charge in [-0.25, -0.2) is 18.7 Å². The first-order valence-corrected chi connectivity index (χ1v) is 7.49. The number of hydrogen-bond donors (Lipinski definition) is 1. The Kier molecular flexibility index (Phi) is 4.42. The minimum Gasteiger partial charge on any atom is -0.349 e. The molecule has 1 saturated heterocycles. The minimum absolute atomic E-state index is 0.0186. The number of rotatable bonds is 5. The Morgan fingerprint density at radius 3 is 2.65 bits per heavy atom. The van der Waals surface area contributed by atoms with Gasteiger partial charge in [0.15, 0.2) is 5.82 Å². The van der Waals surface area contributed by atoms with Gasteiger partial charge in [0.1, 0.15) is 5.82 Å². The van der Waals surface area contributed by atoms with Crippen LogP contribution < -0.4 is 10.2 Å². The third-order valence-electron chi connectivity index (χ3n) is 3.76. The number of anilines is 1. The van der Waals surface area contributed by atoms with E-state index in [0.29, 0.717) is 24.7 Å². The van der Waals surface area contributed by atoms with Crippen molar-refractivity contribution in [1.82, 2.24) is 25.5 Å². The fourth-order valence-electron chi connectivity index (χ4n) is 2.43. The minimum atomic E-state index is -2.63. The second-order valence-electron chi connectivity index (χ2n) is 5.62. The van der Waals surface area contributed by atoms with Crippen LogP contribution in [0.15, 0.2) is 30.6 Å². The van der Waals surface area contributed by atoms with E-state index in [1.807, 2.05) is 6.92 Å². The summed E-state index contributed by atoms with van der Waals surface area (Å²) in [6.45, 7) is 2.48. The maximum Gasteiger partial charge on any atom is 0.266 e. The van der Waals surface area contributed by atoms with E-state index in [0.717, 1.165) is 5.69 Å². The molecule has 1 atom stereocenters. The predicted molar refractivity (Wildman–Crippen MR) is 81.1 cm³/mol. The van der Waals surface area contributed by atoms with Crippen LogP contribution in [0.3, 0.4) is 0 Å². The number of nitrogens with one attached hydrogen (secondary N) is 1. The van der Waals surface area contributed by atoms with E-state index in [9.17, 15) is 8.78 Å². The lowest BCUT2D eigenvalue weighted by Crippen LogP contribution is -2.26. The molecule has 2 aromatic heterocycles. The van der Waals surface area contributed by atoms with Crippen LogP contribution >= 0.6 is 0 Å². The molecule has 1 aliphatic rings. The second kappa shape index (κ2) is 6.49. The summed E-state index contributed by atoms with van der Waals surface area (Å²) in [7, 11) is 0. The molecule has 0 radical (unpaired) electrons. The highest BCUT2D eigenvalue weighted by Crippen LogP contribution is 2.29. The van der Waals surface area contributed by atoms with Gasteiger partial charge < -0.3 is 10.2 Å². The summed E-state index contributed by atoms with van der Waals surface area (Å²) < 4.78 is 26.4. The molecule has 2 aromatic rings. The standard InChI is InChI=1S/C15H18F2N6/c1-11(14-18-6-2-7-19-14)20-9-12-3-4-13(22-21-12)23-8-5-15(16,17)10-23/h2-4,6-7,11,20H,5,8-10H2,1H3/t11-/m1/s1. The summed E-state index contributed by atoms with van der Waals surface area (Å²) in [5, 5.41) is 11.4. The average molecular weight is 320 g/mol. The second-order valence-corrected chi connectivity index (χ2v) is 5.62. The van der Waals surface area contributed by atoms with Gasteiger partial charge >= 0.3 is 0 Å². The normalized spacial score (nSPS) is 18.1. The zero-order chi connectivity index (χ0) is 16.3. The molecule has 0 aliphatic carbocycles.